The molecule has 4 aromatic rings. The summed E-state index contributed by atoms with van der Waals surface area (Å²) in [6.07, 6.45) is 5.65. The smallest absolute Gasteiger partial charge is 0.329 e. The van der Waals surface area contributed by atoms with Crippen molar-refractivity contribution in [1.29, 1.82) is 0 Å². The summed E-state index contributed by atoms with van der Waals surface area (Å²) in [5, 5.41) is 7.21. The molecule has 4 rings (SSSR count). The largest absolute Gasteiger partial charge is 0.348 e. The van der Waals surface area contributed by atoms with Crippen LogP contribution in [0.1, 0.15) is 29.3 Å². The van der Waals surface area contributed by atoms with Crippen LogP contribution >= 0.6 is 0 Å². The quantitative estimate of drug-likeness (QED) is 0.507. The van der Waals surface area contributed by atoms with E-state index in [9.17, 15) is 14.4 Å². The standard InChI is InChI=1S/C21H20N6O3/c1-2-9-26-18-17(20(29)25-21(26)30)11-15(13-22-18)19(28)23-12-14-4-6-16(7-5-14)27-10-3-8-24-27/h3-8,10-11,13H,2,9,12H2,1H3,(H,23,28)(H,25,29,30). The predicted molar refractivity (Wildman–Crippen MR) is 112 cm³/mol. The van der Waals surface area contributed by atoms with E-state index in [1.54, 1.807) is 10.9 Å². The van der Waals surface area contributed by atoms with E-state index in [0.29, 0.717) is 19.5 Å². The Morgan fingerprint density at radius 3 is 2.70 bits per heavy atom. The predicted octanol–water partition coefficient (Wildman–Crippen LogP) is 1.61. The topological polar surface area (TPSA) is 115 Å². The van der Waals surface area contributed by atoms with Gasteiger partial charge in [0.25, 0.3) is 11.5 Å². The Bertz CT molecular complexity index is 1300. The third kappa shape index (κ3) is 3.77. The van der Waals surface area contributed by atoms with Crippen molar-refractivity contribution in [1.82, 2.24) is 29.6 Å². The maximum atomic E-state index is 12.6. The molecule has 30 heavy (non-hydrogen) atoms. The van der Waals surface area contributed by atoms with Crippen LogP contribution in [0, 0.1) is 0 Å². The normalized spacial score (nSPS) is 11.0. The minimum absolute atomic E-state index is 0.208. The molecule has 152 valence electrons. The molecule has 0 saturated heterocycles. The van der Waals surface area contributed by atoms with E-state index < -0.39 is 11.2 Å². The number of carbonyl (C=O) groups excluding carboxylic acids is 1. The second-order valence-electron chi connectivity index (χ2n) is 6.81. The number of rotatable bonds is 6. The fraction of sp³-hybridized carbons (Fsp3) is 0.190. The number of fused-ring (bicyclic) bond motifs is 1. The molecule has 0 spiro atoms. The van der Waals surface area contributed by atoms with Gasteiger partial charge >= 0.3 is 5.69 Å². The number of aromatic nitrogens is 5. The lowest BCUT2D eigenvalue weighted by atomic mass is 10.2. The summed E-state index contributed by atoms with van der Waals surface area (Å²) < 4.78 is 3.15. The van der Waals surface area contributed by atoms with Gasteiger partial charge in [-0.25, -0.2) is 14.5 Å². The summed E-state index contributed by atoms with van der Waals surface area (Å²) in [6.45, 7) is 2.67. The number of nitrogens with one attached hydrogen (secondary N) is 2. The highest BCUT2D eigenvalue weighted by Crippen LogP contribution is 2.11. The van der Waals surface area contributed by atoms with Gasteiger partial charge in [-0.2, -0.15) is 5.10 Å². The van der Waals surface area contributed by atoms with E-state index in [-0.39, 0.29) is 22.5 Å². The van der Waals surface area contributed by atoms with Gasteiger partial charge in [0.1, 0.15) is 5.65 Å². The Hall–Kier alpha value is -4.01. The van der Waals surface area contributed by atoms with Crippen LogP contribution in [0.3, 0.4) is 0 Å². The second-order valence-corrected chi connectivity index (χ2v) is 6.81. The monoisotopic (exact) mass is 404 g/mol. The number of nitrogens with zero attached hydrogens (tertiary/aromatic N) is 4. The van der Waals surface area contributed by atoms with Crippen molar-refractivity contribution in [3.8, 4) is 5.69 Å². The van der Waals surface area contributed by atoms with Crippen LogP contribution in [-0.4, -0.2) is 30.2 Å². The number of pyridine rings is 1. The number of H-pyrrole nitrogens is 1. The molecule has 3 aromatic heterocycles. The molecule has 9 nitrogen and oxygen atoms in total. The zero-order chi connectivity index (χ0) is 21.1. The van der Waals surface area contributed by atoms with Crippen molar-refractivity contribution in [2.24, 2.45) is 0 Å². The van der Waals surface area contributed by atoms with E-state index >= 15 is 0 Å². The summed E-state index contributed by atoms with van der Waals surface area (Å²) >= 11 is 0. The molecule has 1 amide bonds. The van der Waals surface area contributed by atoms with Crippen LogP contribution in [0.2, 0.25) is 0 Å². The summed E-state index contributed by atoms with van der Waals surface area (Å²) in [4.78, 5) is 43.2. The molecule has 0 unspecified atom stereocenters. The molecule has 0 aliphatic heterocycles. The fourth-order valence-corrected chi connectivity index (χ4v) is 3.20. The Labute approximate surface area is 171 Å². The van der Waals surface area contributed by atoms with Crippen LogP contribution in [-0.2, 0) is 13.1 Å². The summed E-state index contributed by atoms with van der Waals surface area (Å²) in [7, 11) is 0. The highest BCUT2D eigenvalue weighted by molar-refractivity contribution is 5.96. The molecule has 2 N–H and O–H groups in total. The van der Waals surface area contributed by atoms with Crippen LogP contribution in [0.4, 0.5) is 0 Å². The average molecular weight is 404 g/mol. The number of aryl methyl sites for hydroxylation is 1. The third-order valence-electron chi connectivity index (χ3n) is 4.70. The van der Waals surface area contributed by atoms with E-state index in [1.807, 2.05) is 43.5 Å². The molecule has 0 aliphatic carbocycles. The zero-order valence-corrected chi connectivity index (χ0v) is 16.3. The molecular formula is C21H20N6O3. The van der Waals surface area contributed by atoms with Crippen molar-refractivity contribution in [2.75, 3.05) is 0 Å². The number of benzene rings is 1. The highest BCUT2D eigenvalue weighted by atomic mass is 16.2. The SMILES string of the molecule is CCCn1c(=O)[nH]c(=O)c2cc(C(=O)NCc3ccc(-n4cccn4)cc3)cnc21. The van der Waals surface area contributed by atoms with Gasteiger partial charge in [0.05, 0.1) is 16.6 Å². The number of aromatic amines is 1. The van der Waals surface area contributed by atoms with Gasteiger partial charge in [0.2, 0.25) is 0 Å². The number of hydrogen-bond donors (Lipinski definition) is 2. The summed E-state index contributed by atoms with van der Waals surface area (Å²) in [5.74, 6) is -0.354. The van der Waals surface area contributed by atoms with Crippen LogP contribution in [0.15, 0.2) is 64.6 Å². The molecular weight excluding hydrogens is 384 g/mol. The number of carbonyl (C=O) groups is 1. The van der Waals surface area contributed by atoms with E-state index in [2.05, 4.69) is 20.4 Å². The van der Waals surface area contributed by atoms with Gasteiger partial charge in [-0.3, -0.25) is 19.1 Å². The number of hydrogen-bond acceptors (Lipinski definition) is 5. The van der Waals surface area contributed by atoms with Gasteiger partial charge in [0, 0.05) is 31.7 Å². The van der Waals surface area contributed by atoms with Crippen molar-refractivity contribution < 1.29 is 4.79 Å². The maximum Gasteiger partial charge on any atom is 0.329 e. The molecule has 0 aliphatic rings. The van der Waals surface area contributed by atoms with E-state index in [1.165, 1.54) is 16.8 Å². The minimum Gasteiger partial charge on any atom is -0.348 e. The van der Waals surface area contributed by atoms with Gasteiger partial charge in [-0.15, -0.1) is 0 Å². The van der Waals surface area contributed by atoms with E-state index in [0.717, 1.165) is 11.3 Å². The first-order valence-corrected chi connectivity index (χ1v) is 9.57. The lowest BCUT2D eigenvalue weighted by Gasteiger charge is -2.09. The third-order valence-corrected chi connectivity index (χ3v) is 4.70. The minimum atomic E-state index is -0.557. The van der Waals surface area contributed by atoms with Gasteiger partial charge in [-0.05, 0) is 36.2 Å². The van der Waals surface area contributed by atoms with Crippen molar-refractivity contribution >= 4 is 16.9 Å². The maximum absolute atomic E-state index is 12.6. The molecule has 9 heteroatoms. The zero-order valence-electron chi connectivity index (χ0n) is 16.3. The Morgan fingerprint density at radius 2 is 2.00 bits per heavy atom. The molecule has 0 fully saturated rings. The van der Waals surface area contributed by atoms with Gasteiger partial charge < -0.3 is 5.32 Å². The van der Waals surface area contributed by atoms with Crippen molar-refractivity contribution in [3.05, 3.63) is 87.0 Å². The lowest BCUT2D eigenvalue weighted by molar-refractivity contribution is 0.0950. The molecule has 3 heterocycles. The van der Waals surface area contributed by atoms with Gasteiger partial charge in [-0.1, -0.05) is 19.1 Å². The molecule has 1 aromatic carbocycles. The second kappa shape index (κ2) is 8.16. The molecule has 0 bridgehead atoms. The molecule has 0 atom stereocenters. The number of amides is 1. The van der Waals surface area contributed by atoms with Crippen LogP contribution < -0.4 is 16.6 Å². The molecule has 0 radical (unpaired) electrons. The van der Waals surface area contributed by atoms with Crippen molar-refractivity contribution in [2.45, 2.75) is 26.4 Å². The highest BCUT2D eigenvalue weighted by Gasteiger charge is 2.13. The van der Waals surface area contributed by atoms with Crippen molar-refractivity contribution in [3.63, 3.8) is 0 Å². The Balaban J connectivity index is 1.52. The Kier molecular flexibility index (Phi) is 5.25. The van der Waals surface area contributed by atoms with Crippen LogP contribution in [0.5, 0.6) is 0 Å². The Morgan fingerprint density at radius 1 is 1.20 bits per heavy atom. The van der Waals surface area contributed by atoms with Crippen LogP contribution in [0.25, 0.3) is 16.7 Å². The summed E-state index contributed by atoms with van der Waals surface area (Å²) in [5.41, 5.74) is 1.31. The average Bonchev–Trinajstić information content (AvgIpc) is 3.30. The first-order valence-electron chi connectivity index (χ1n) is 9.57. The van der Waals surface area contributed by atoms with E-state index in [4.69, 9.17) is 0 Å². The molecule has 0 saturated carbocycles. The fourth-order valence-electron chi connectivity index (χ4n) is 3.20. The van der Waals surface area contributed by atoms with Gasteiger partial charge in [0.15, 0.2) is 0 Å². The first-order chi connectivity index (χ1) is 14.6. The first kappa shape index (κ1) is 19.3. The lowest BCUT2D eigenvalue weighted by Crippen LogP contribution is -2.31. The summed E-state index contributed by atoms with van der Waals surface area (Å²) in [6, 6.07) is 11.0.